The molecule has 0 spiro atoms. The van der Waals surface area contributed by atoms with Crippen LogP contribution in [0.1, 0.15) is 5.69 Å². The van der Waals surface area contributed by atoms with E-state index in [-0.39, 0.29) is 0 Å². The smallest absolute Gasteiger partial charge is 0.321 e. The molecule has 7 heteroatoms. The van der Waals surface area contributed by atoms with E-state index in [0.717, 1.165) is 12.3 Å². The Morgan fingerprint density at radius 2 is 2.35 bits per heavy atom. The van der Waals surface area contributed by atoms with Gasteiger partial charge >= 0.3 is 5.97 Å². The van der Waals surface area contributed by atoms with Crippen molar-refractivity contribution in [1.82, 2.24) is 9.88 Å². The number of carboxylic acids is 1. The second-order valence-corrected chi connectivity index (χ2v) is 5.54. The van der Waals surface area contributed by atoms with Crippen LogP contribution in [0.25, 0.3) is 0 Å². The van der Waals surface area contributed by atoms with Crippen LogP contribution >= 0.6 is 11.8 Å². The predicted molar refractivity (Wildman–Crippen MR) is 76.5 cm³/mol. The standard InChI is InChI=1S/C13H18N2O4S/c1-18-11-3-4-14-9(12(11)19-2)7-15-5-6-20-8-10(15)13(16)17/h3-4,10H,5-8H2,1-2H3,(H,16,17). The molecule has 1 aromatic rings. The summed E-state index contributed by atoms with van der Waals surface area (Å²) in [6, 6.07) is 1.25. The Morgan fingerprint density at radius 3 is 3.00 bits per heavy atom. The van der Waals surface area contributed by atoms with Gasteiger partial charge in [-0.2, -0.15) is 11.8 Å². The molecular formula is C13H18N2O4S. The molecule has 2 heterocycles. The van der Waals surface area contributed by atoms with Crippen molar-refractivity contribution < 1.29 is 19.4 Å². The van der Waals surface area contributed by atoms with Gasteiger partial charge in [0, 0.05) is 36.9 Å². The summed E-state index contributed by atoms with van der Waals surface area (Å²) in [5, 5.41) is 9.28. The number of pyridine rings is 1. The van der Waals surface area contributed by atoms with Crippen molar-refractivity contribution in [2.75, 3.05) is 32.3 Å². The molecule has 0 radical (unpaired) electrons. The van der Waals surface area contributed by atoms with Gasteiger partial charge in [0.05, 0.1) is 14.2 Å². The number of hydrogen-bond donors (Lipinski definition) is 1. The summed E-state index contributed by atoms with van der Waals surface area (Å²) in [4.78, 5) is 17.5. The van der Waals surface area contributed by atoms with Crippen molar-refractivity contribution in [2.24, 2.45) is 0 Å². The number of nitrogens with zero attached hydrogens (tertiary/aromatic N) is 2. The van der Waals surface area contributed by atoms with Gasteiger partial charge in [-0.15, -0.1) is 0 Å². The molecule has 6 nitrogen and oxygen atoms in total. The highest BCUT2D eigenvalue weighted by atomic mass is 32.2. The van der Waals surface area contributed by atoms with E-state index in [1.165, 1.54) is 0 Å². The first-order chi connectivity index (χ1) is 9.67. The van der Waals surface area contributed by atoms with Gasteiger partial charge < -0.3 is 14.6 Å². The fourth-order valence-electron chi connectivity index (χ4n) is 2.21. The normalized spacial score (nSPS) is 19.6. The average molecular weight is 298 g/mol. The van der Waals surface area contributed by atoms with Crippen LogP contribution in [0.2, 0.25) is 0 Å². The van der Waals surface area contributed by atoms with Crippen molar-refractivity contribution in [3.05, 3.63) is 18.0 Å². The molecule has 20 heavy (non-hydrogen) atoms. The number of carboxylic acid groups (broad SMARTS) is 1. The summed E-state index contributed by atoms with van der Waals surface area (Å²) < 4.78 is 10.6. The first-order valence-corrected chi connectivity index (χ1v) is 7.43. The number of aromatic nitrogens is 1. The summed E-state index contributed by atoms with van der Waals surface area (Å²) in [6.45, 7) is 1.17. The molecule has 1 fully saturated rings. The highest BCUT2D eigenvalue weighted by molar-refractivity contribution is 7.99. The van der Waals surface area contributed by atoms with Gasteiger partial charge in [0.1, 0.15) is 11.7 Å². The zero-order valence-electron chi connectivity index (χ0n) is 11.5. The van der Waals surface area contributed by atoms with Crippen LogP contribution in [-0.2, 0) is 11.3 Å². The molecule has 1 aromatic heterocycles. The van der Waals surface area contributed by atoms with E-state index in [1.807, 2.05) is 4.90 Å². The Balaban J connectivity index is 2.22. The van der Waals surface area contributed by atoms with E-state index >= 15 is 0 Å². The Labute approximate surface area is 122 Å². The lowest BCUT2D eigenvalue weighted by atomic mass is 10.2. The minimum atomic E-state index is -0.793. The van der Waals surface area contributed by atoms with Crippen molar-refractivity contribution >= 4 is 17.7 Å². The summed E-state index contributed by atoms with van der Waals surface area (Å²) in [5.41, 5.74) is 0.699. The van der Waals surface area contributed by atoms with Gasteiger partial charge in [-0.3, -0.25) is 14.7 Å². The monoisotopic (exact) mass is 298 g/mol. The summed E-state index contributed by atoms with van der Waals surface area (Å²) >= 11 is 1.66. The fourth-order valence-corrected chi connectivity index (χ4v) is 3.32. The minimum absolute atomic E-state index is 0.442. The Hall–Kier alpha value is -1.47. The predicted octanol–water partition coefficient (Wildman–Crippen LogP) is 1.10. The molecule has 0 amide bonds. The van der Waals surface area contributed by atoms with Crippen LogP contribution in [0.4, 0.5) is 0 Å². The second kappa shape index (κ2) is 6.81. The maximum absolute atomic E-state index is 11.3. The highest BCUT2D eigenvalue weighted by Gasteiger charge is 2.30. The number of ether oxygens (including phenoxy) is 2. The van der Waals surface area contributed by atoms with Gasteiger partial charge in [-0.25, -0.2) is 0 Å². The largest absolute Gasteiger partial charge is 0.493 e. The topological polar surface area (TPSA) is 71.9 Å². The molecule has 0 aromatic carbocycles. The van der Waals surface area contributed by atoms with Crippen LogP contribution in [0.5, 0.6) is 11.5 Å². The van der Waals surface area contributed by atoms with E-state index in [2.05, 4.69) is 4.98 Å². The molecule has 110 valence electrons. The molecule has 1 N–H and O–H groups in total. The van der Waals surface area contributed by atoms with E-state index < -0.39 is 12.0 Å². The number of thioether (sulfide) groups is 1. The van der Waals surface area contributed by atoms with E-state index in [0.29, 0.717) is 29.5 Å². The zero-order valence-corrected chi connectivity index (χ0v) is 12.4. The highest BCUT2D eigenvalue weighted by Crippen LogP contribution is 2.31. The molecule has 1 unspecified atom stereocenters. The van der Waals surface area contributed by atoms with Crippen molar-refractivity contribution in [2.45, 2.75) is 12.6 Å². The maximum atomic E-state index is 11.3. The summed E-state index contributed by atoms with van der Waals surface area (Å²) in [6.07, 6.45) is 1.64. The number of aliphatic carboxylic acids is 1. The van der Waals surface area contributed by atoms with Gasteiger partial charge in [0.15, 0.2) is 11.5 Å². The van der Waals surface area contributed by atoms with Gasteiger partial charge in [-0.1, -0.05) is 0 Å². The lowest BCUT2D eigenvalue weighted by Gasteiger charge is -2.32. The molecule has 1 aliphatic heterocycles. The van der Waals surface area contributed by atoms with Crippen LogP contribution in [0.15, 0.2) is 12.3 Å². The molecule has 1 aliphatic rings. The van der Waals surface area contributed by atoms with E-state index in [9.17, 15) is 9.90 Å². The minimum Gasteiger partial charge on any atom is -0.493 e. The lowest BCUT2D eigenvalue weighted by Crippen LogP contribution is -2.46. The van der Waals surface area contributed by atoms with Crippen LogP contribution in [0.3, 0.4) is 0 Å². The Morgan fingerprint density at radius 1 is 1.55 bits per heavy atom. The average Bonchev–Trinajstić information content (AvgIpc) is 2.47. The molecule has 0 saturated carbocycles. The van der Waals surface area contributed by atoms with Gasteiger partial charge in [-0.05, 0) is 0 Å². The molecule has 0 aliphatic carbocycles. The van der Waals surface area contributed by atoms with Crippen molar-refractivity contribution in [3.63, 3.8) is 0 Å². The molecular weight excluding hydrogens is 280 g/mol. The fraction of sp³-hybridized carbons (Fsp3) is 0.538. The summed E-state index contributed by atoms with van der Waals surface area (Å²) in [5.74, 6) is 1.91. The first-order valence-electron chi connectivity index (χ1n) is 6.27. The third-order valence-corrected chi connectivity index (χ3v) is 4.27. The van der Waals surface area contributed by atoms with Crippen LogP contribution < -0.4 is 9.47 Å². The SMILES string of the molecule is COc1ccnc(CN2CCSCC2C(=O)O)c1OC. The Kier molecular flexibility index (Phi) is 5.08. The van der Waals surface area contributed by atoms with Crippen LogP contribution in [0, 0.1) is 0 Å². The van der Waals surface area contributed by atoms with Gasteiger partial charge in [0.2, 0.25) is 0 Å². The Bertz CT molecular complexity index is 483. The van der Waals surface area contributed by atoms with Crippen LogP contribution in [-0.4, -0.2) is 59.3 Å². The third kappa shape index (κ3) is 3.16. The molecule has 1 saturated heterocycles. The number of methoxy groups -OCH3 is 2. The second-order valence-electron chi connectivity index (χ2n) is 4.39. The quantitative estimate of drug-likeness (QED) is 0.872. The zero-order chi connectivity index (χ0) is 14.5. The van der Waals surface area contributed by atoms with E-state index in [1.54, 1.807) is 38.2 Å². The third-order valence-electron chi connectivity index (χ3n) is 3.24. The lowest BCUT2D eigenvalue weighted by molar-refractivity contribution is -0.142. The summed E-state index contributed by atoms with van der Waals surface area (Å²) in [7, 11) is 3.13. The molecule has 1 atom stereocenters. The number of carbonyl (C=O) groups is 1. The maximum Gasteiger partial charge on any atom is 0.321 e. The van der Waals surface area contributed by atoms with Gasteiger partial charge in [0.25, 0.3) is 0 Å². The van der Waals surface area contributed by atoms with E-state index in [4.69, 9.17) is 9.47 Å². The van der Waals surface area contributed by atoms with Crippen molar-refractivity contribution in [3.8, 4) is 11.5 Å². The number of hydrogen-bond acceptors (Lipinski definition) is 6. The molecule has 0 bridgehead atoms. The number of rotatable bonds is 5. The first kappa shape index (κ1) is 14.9. The van der Waals surface area contributed by atoms with Crippen molar-refractivity contribution in [1.29, 1.82) is 0 Å². The molecule has 2 rings (SSSR count).